The van der Waals surface area contributed by atoms with Crippen molar-refractivity contribution in [2.75, 3.05) is 28.3 Å². The van der Waals surface area contributed by atoms with Gasteiger partial charge in [-0.05, 0) is 23.3 Å². The van der Waals surface area contributed by atoms with Gasteiger partial charge in [0.15, 0.2) is 11.2 Å². The Bertz CT molecular complexity index is 1300. The van der Waals surface area contributed by atoms with Crippen LogP contribution in [0.4, 0.5) is 0 Å². The summed E-state index contributed by atoms with van der Waals surface area (Å²) in [5, 5.41) is 24.7. The van der Waals surface area contributed by atoms with Crippen molar-refractivity contribution in [2.24, 2.45) is 5.92 Å². The number of nitrogens with zero attached hydrogens (tertiary/aromatic N) is 2. The number of rotatable bonds is 5. The SMILES string of the molecule is COc1cc2c(c(OC)n1)[C@]1(O)[C@H](O)[C@H](C(=O)N(C)C)[C@@H](c3ccccc3)[C@]1(c1ccc(Br)cc1)O2. The van der Waals surface area contributed by atoms with Crippen molar-refractivity contribution in [1.29, 1.82) is 0 Å². The fourth-order valence-electron chi connectivity index (χ4n) is 5.80. The fourth-order valence-corrected chi connectivity index (χ4v) is 6.06. The van der Waals surface area contributed by atoms with E-state index in [1.807, 2.05) is 54.6 Å². The second-order valence-corrected chi connectivity index (χ2v) is 10.2. The standard InChI is InChI=1S/C27H27BrN2O6/c1-30(2)25(32)20-21(15-8-6-5-7-9-15)27(16-10-12-17(28)13-11-16)26(33,23(20)31)22-18(36-27)14-19(34-3)29-24(22)35-4/h5-14,20-21,23,31,33H,1-4H3/t20-,21-,23-,26+,27+/m1/s1. The zero-order valence-corrected chi connectivity index (χ0v) is 21.9. The van der Waals surface area contributed by atoms with Crippen LogP contribution in [0.3, 0.4) is 0 Å². The van der Waals surface area contributed by atoms with Gasteiger partial charge in [0.2, 0.25) is 17.7 Å². The van der Waals surface area contributed by atoms with E-state index >= 15 is 0 Å². The van der Waals surface area contributed by atoms with Gasteiger partial charge in [-0.25, -0.2) is 0 Å². The smallest absolute Gasteiger partial charge is 0.228 e. The van der Waals surface area contributed by atoms with Gasteiger partial charge >= 0.3 is 0 Å². The van der Waals surface area contributed by atoms with E-state index < -0.39 is 29.1 Å². The van der Waals surface area contributed by atoms with E-state index in [-0.39, 0.29) is 29.0 Å². The van der Waals surface area contributed by atoms with Crippen molar-refractivity contribution in [1.82, 2.24) is 9.88 Å². The highest BCUT2D eigenvalue weighted by atomic mass is 79.9. The van der Waals surface area contributed by atoms with E-state index in [9.17, 15) is 15.0 Å². The van der Waals surface area contributed by atoms with E-state index in [1.165, 1.54) is 19.1 Å². The van der Waals surface area contributed by atoms with Gasteiger partial charge in [0, 0.05) is 30.6 Å². The molecule has 1 amide bonds. The largest absolute Gasteiger partial charge is 0.481 e. The molecule has 5 rings (SSSR count). The third-order valence-corrected chi connectivity index (χ3v) is 7.80. The highest BCUT2D eigenvalue weighted by molar-refractivity contribution is 9.10. The molecule has 5 atom stereocenters. The Labute approximate surface area is 217 Å². The lowest BCUT2D eigenvalue weighted by atomic mass is 9.70. The van der Waals surface area contributed by atoms with Crippen molar-refractivity contribution in [3.63, 3.8) is 0 Å². The highest BCUT2D eigenvalue weighted by Gasteiger charge is 2.78. The number of hydrogen-bond donors (Lipinski definition) is 2. The number of halogens is 1. The molecule has 1 fully saturated rings. The summed E-state index contributed by atoms with van der Waals surface area (Å²) >= 11 is 3.47. The van der Waals surface area contributed by atoms with Gasteiger partial charge in [-0.1, -0.05) is 58.4 Å². The lowest BCUT2D eigenvalue weighted by Crippen LogP contribution is -2.52. The van der Waals surface area contributed by atoms with Crippen molar-refractivity contribution in [3.8, 4) is 17.5 Å². The molecular formula is C27H27BrN2O6. The van der Waals surface area contributed by atoms with Crippen LogP contribution in [0, 0.1) is 5.92 Å². The monoisotopic (exact) mass is 554 g/mol. The van der Waals surface area contributed by atoms with Gasteiger partial charge in [-0.2, -0.15) is 4.98 Å². The molecule has 1 aromatic heterocycles. The van der Waals surface area contributed by atoms with Crippen LogP contribution in [0.5, 0.6) is 17.5 Å². The Morgan fingerprint density at radius 1 is 1.08 bits per heavy atom. The number of benzene rings is 2. The number of carbonyl (C=O) groups is 1. The fraction of sp³-hybridized carbons (Fsp3) is 0.333. The second kappa shape index (κ2) is 8.76. The zero-order chi connectivity index (χ0) is 25.8. The Hall–Kier alpha value is -3.14. The molecule has 1 aliphatic heterocycles. The van der Waals surface area contributed by atoms with Gasteiger partial charge in [-0.3, -0.25) is 4.79 Å². The van der Waals surface area contributed by atoms with Gasteiger partial charge in [-0.15, -0.1) is 0 Å². The van der Waals surface area contributed by atoms with Crippen LogP contribution in [-0.2, 0) is 16.0 Å². The first-order chi connectivity index (χ1) is 17.2. The van der Waals surface area contributed by atoms with E-state index in [0.717, 1.165) is 10.0 Å². The first kappa shape index (κ1) is 24.5. The number of fused-ring (bicyclic) bond motifs is 3. The first-order valence-electron chi connectivity index (χ1n) is 11.5. The number of amides is 1. The number of aliphatic hydroxyl groups is 2. The molecule has 3 aromatic rings. The molecule has 36 heavy (non-hydrogen) atoms. The quantitative estimate of drug-likeness (QED) is 0.499. The van der Waals surface area contributed by atoms with Crippen LogP contribution < -0.4 is 14.2 Å². The van der Waals surface area contributed by atoms with Crippen molar-refractivity contribution >= 4 is 21.8 Å². The minimum atomic E-state index is -2.09. The van der Waals surface area contributed by atoms with Crippen LogP contribution in [0.15, 0.2) is 65.1 Å². The van der Waals surface area contributed by atoms with Crippen LogP contribution >= 0.6 is 15.9 Å². The molecule has 0 radical (unpaired) electrons. The summed E-state index contributed by atoms with van der Waals surface area (Å²) in [7, 11) is 6.15. The van der Waals surface area contributed by atoms with Crippen LogP contribution in [0.25, 0.3) is 0 Å². The molecule has 8 nitrogen and oxygen atoms in total. The maximum absolute atomic E-state index is 13.6. The third-order valence-electron chi connectivity index (χ3n) is 7.27. The average molecular weight is 555 g/mol. The van der Waals surface area contributed by atoms with E-state index in [1.54, 1.807) is 20.2 Å². The summed E-state index contributed by atoms with van der Waals surface area (Å²) in [6.07, 6.45) is -1.55. The van der Waals surface area contributed by atoms with Crippen LogP contribution in [0.2, 0.25) is 0 Å². The maximum Gasteiger partial charge on any atom is 0.228 e. The number of ether oxygens (including phenoxy) is 3. The summed E-state index contributed by atoms with van der Waals surface area (Å²) in [5.41, 5.74) is -2.17. The summed E-state index contributed by atoms with van der Waals surface area (Å²) in [4.78, 5) is 19.4. The van der Waals surface area contributed by atoms with Crippen molar-refractivity contribution in [2.45, 2.75) is 23.2 Å². The first-order valence-corrected chi connectivity index (χ1v) is 12.2. The Kier molecular flexibility index (Phi) is 5.97. The van der Waals surface area contributed by atoms with Gasteiger partial charge in [0.1, 0.15) is 11.9 Å². The van der Waals surface area contributed by atoms with Crippen molar-refractivity contribution in [3.05, 3.63) is 81.8 Å². The topological polar surface area (TPSA) is 101 Å². The molecule has 2 aliphatic rings. The Morgan fingerprint density at radius 2 is 1.75 bits per heavy atom. The highest BCUT2D eigenvalue weighted by Crippen LogP contribution is 2.70. The van der Waals surface area contributed by atoms with E-state index in [2.05, 4.69) is 20.9 Å². The number of pyridine rings is 1. The number of carbonyl (C=O) groups excluding carboxylic acids is 1. The predicted octanol–water partition coefficient (Wildman–Crippen LogP) is 3.20. The molecule has 2 aromatic carbocycles. The summed E-state index contributed by atoms with van der Waals surface area (Å²) in [5.74, 6) is -1.59. The van der Waals surface area contributed by atoms with Crippen LogP contribution in [-0.4, -0.2) is 60.4 Å². The number of aliphatic hydroxyl groups excluding tert-OH is 1. The van der Waals surface area contributed by atoms with Gasteiger partial charge < -0.3 is 29.3 Å². The number of aromatic nitrogens is 1. The molecule has 0 saturated heterocycles. The number of methoxy groups -OCH3 is 2. The maximum atomic E-state index is 13.6. The van der Waals surface area contributed by atoms with Gasteiger partial charge in [0.25, 0.3) is 0 Å². The van der Waals surface area contributed by atoms with E-state index in [4.69, 9.17) is 14.2 Å². The van der Waals surface area contributed by atoms with Crippen molar-refractivity contribution < 1.29 is 29.2 Å². The number of hydrogen-bond acceptors (Lipinski definition) is 7. The van der Waals surface area contributed by atoms with E-state index in [0.29, 0.717) is 5.56 Å². The molecule has 2 N–H and O–H groups in total. The molecule has 0 spiro atoms. The summed E-state index contributed by atoms with van der Waals surface area (Å²) in [6.45, 7) is 0. The summed E-state index contributed by atoms with van der Waals surface area (Å²) < 4.78 is 18.5. The minimum absolute atomic E-state index is 0.0506. The van der Waals surface area contributed by atoms with Gasteiger partial charge in [0.05, 0.1) is 25.7 Å². The molecule has 9 heteroatoms. The Morgan fingerprint density at radius 3 is 2.33 bits per heavy atom. The van der Waals surface area contributed by atoms with Crippen LogP contribution in [0.1, 0.15) is 22.6 Å². The summed E-state index contributed by atoms with van der Waals surface area (Å²) in [6, 6.07) is 18.2. The zero-order valence-electron chi connectivity index (χ0n) is 20.3. The molecule has 0 bridgehead atoms. The minimum Gasteiger partial charge on any atom is -0.481 e. The molecule has 0 unspecified atom stereocenters. The average Bonchev–Trinajstić information content (AvgIpc) is 3.26. The molecule has 1 saturated carbocycles. The second-order valence-electron chi connectivity index (χ2n) is 9.25. The molecule has 188 valence electrons. The molecule has 2 heterocycles. The third kappa shape index (κ3) is 3.19. The molecular weight excluding hydrogens is 528 g/mol. The predicted molar refractivity (Wildman–Crippen MR) is 135 cm³/mol. The lowest BCUT2D eigenvalue weighted by molar-refractivity contribution is -0.156. The Balaban J connectivity index is 1.89. The molecule has 1 aliphatic carbocycles. The lowest BCUT2D eigenvalue weighted by Gasteiger charge is -2.40. The normalized spacial score (nSPS) is 28.1.